The molecule has 2 rings (SSSR count). The first-order valence-electron chi connectivity index (χ1n) is 16.4. The molecule has 0 aliphatic carbocycles. The highest BCUT2D eigenvalue weighted by molar-refractivity contribution is 5.76. The van der Waals surface area contributed by atoms with Gasteiger partial charge in [0.2, 0.25) is 5.91 Å². The summed E-state index contributed by atoms with van der Waals surface area (Å²) in [6, 6.07) is 13.5. The summed E-state index contributed by atoms with van der Waals surface area (Å²) in [5, 5.41) is 13.9. The fourth-order valence-electron chi connectivity index (χ4n) is 4.99. The molecule has 0 radical (unpaired) electrons. The molecule has 0 unspecified atom stereocenters. The zero-order valence-electron chi connectivity index (χ0n) is 25.9. The van der Waals surface area contributed by atoms with E-state index in [2.05, 4.69) is 36.3 Å². The SMILES string of the molecule is CCCCCCCCCCCCC/C=C/[C@@H](O)[C@H](COCc1cccc(-c2ccccn2)c1)NC(=O)CCCCC. The van der Waals surface area contributed by atoms with Crippen LogP contribution in [0.1, 0.15) is 122 Å². The molecule has 0 bridgehead atoms. The van der Waals surface area contributed by atoms with E-state index in [4.69, 9.17) is 4.74 Å². The van der Waals surface area contributed by atoms with Crippen molar-refractivity contribution in [3.63, 3.8) is 0 Å². The molecule has 0 aliphatic heterocycles. The van der Waals surface area contributed by atoms with E-state index in [1.165, 1.54) is 64.2 Å². The number of aliphatic hydroxyl groups is 1. The third-order valence-corrected chi connectivity index (χ3v) is 7.53. The van der Waals surface area contributed by atoms with Crippen LogP contribution in [-0.4, -0.2) is 34.8 Å². The molecule has 0 fully saturated rings. The molecule has 2 aromatic rings. The van der Waals surface area contributed by atoms with E-state index < -0.39 is 12.1 Å². The number of nitrogens with one attached hydrogen (secondary N) is 1. The van der Waals surface area contributed by atoms with E-state index >= 15 is 0 Å². The number of aromatic nitrogens is 1. The largest absolute Gasteiger partial charge is 0.387 e. The van der Waals surface area contributed by atoms with Crippen LogP contribution >= 0.6 is 0 Å². The third kappa shape index (κ3) is 16.5. The topological polar surface area (TPSA) is 71.5 Å². The fourth-order valence-corrected chi connectivity index (χ4v) is 4.99. The molecule has 1 aromatic carbocycles. The zero-order chi connectivity index (χ0) is 29.4. The van der Waals surface area contributed by atoms with E-state index in [9.17, 15) is 9.90 Å². The second-order valence-corrected chi connectivity index (χ2v) is 11.3. The first-order valence-corrected chi connectivity index (χ1v) is 16.4. The summed E-state index contributed by atoms with van der Waals surface area (Å²) in [4.78, 5) is 17.0. The van der Waals surface area contributed by atoms with Crippen molar-refractivity contribution in [2.24, 2.45) is 0 Å². The quantitative estimate of drug-likeness (QED) is 0.0986. The number of amides is 1. The van der Waals surface area contributed by atoms with Crippen LogP contribution in [-0.2, 0) is 16.1 Å². The van der Waals surface area contributed by atoms with Crippen molar-refractivity contribution in [3.05, 3.63) is 66.4 Å². The van der Waals surface area contributed by atoms with Crippen LogP contribution in [0.5, 0.6) is 0 Å². The number of benzene rings is 1. The molecule has 1 aromatic heterocycles. The number of carbonyl (C=O) groups is 1. The Labute approximate surface area is 250 Å². The predicted molar refractivity (Wildman–Crippen MR) is 172 cm³/mol. The number of ether oxygens (including phenoxy) is 1. The molecule has 0 aliphatic rings. The lowest BCUT2D eigenvalue weighted by molar-refractivity contribution is -0.123. The van der Waals surface area contributed by atoms with Crippen LogP contribution in [0.25, 0.3) is 11.3 Å². The molecule has 0 saturated heterocycles. The van der Waals surface area contributed by atoms with Crippen molar-refractivity contribution >= 4 is 5.91 Å². The Bertz CT molecular complexity index is 947. The number of carbonyl (C=O) groups excluding carboxylic acids is 1. The number of allylic oxidation sites excluding steroid dienone is 1. The number of unbranched alkanes of at least 4 members (excludes halogenated alkanes) is 13. The molecule has 2 N–H and O–H groups in total. The molecule has 5 heteroatoms. The summed E-state index contributed by atoms with van der Waals surface area (Å²) in [6.45, 7) is 5.04. The molecule has 0 spiro atoms. The number of rotatable bonds is 24. The van der Waals surface area contributed by atoms with Crippen LogP contribution in [0.15, 0.2) is 60.8 Å². The van der Waals surface area contributed by atoms with Gasteiger partial charge in [-0.15, -0.1) is 0 Å². The maximum absolute atomic E-state index is 12.5. The second kappa shape index (κ2) is 23.1. The van der Waals surface area contributed by atoms with Gasteiger partial charge in [0, 0.05) is 18.2 Å². The normalized spacial score (nSPS) is 13.0. The minimum Gasteiger partial charge on any atom is -0.387 e. The highest BCUT2D eigenvalue weighted by Gasteiger charge is 2.19. The highest BCUT2D eigenvalue weighted by atomic mass is 16.5. The van der Waals surface area contributed by atoms with Gasteiger partial charge in [0.25, 0.3) is 0 Å². The van der Waals surface area contributed by atoms with E-state index in [0.717, 1.165) is 48.9 Å². The van der Waals surface area contributed by atoms with Gasteiger partial charge in [-0.1, -0.05) is 127 Å². The average Bonchev–Trinajstić information content (AvgIpc) is 2.99. The third-order valence-electron chi connectivity index (χ3n) is 7.53. The second-order valence-electron chi connectivity index (χ2n) is 11.3. The van der Waals surface area contributed by atoms with Crippen molar-refractivity contribution in [2.45, 2.75) is 135 Å². The minimum absolute atomic E-state index is 0.0259. The first kappa shape index (κ1) is 34.7. The summed E-state index contributed by atoms with van der Waals surface area (Å²) < 4.78 is 6.01. The molecular formula is C36H56N2O3. The van der Waals surface area contributed by atoms with Crippen LogP contribution in [0.4, 0.5) is 0 Å². The van der Waals surface area contributed by atoms with Crippen molar-refractivity contribution in [1.29, 1.82) is 0 Å². The Morgan fingerprint density at radius 3 is 2.24 bits per heavy atom. The number of aliphatic hydroxyl groups excluding tert-OH is 1. The van der Waals surface area contributed by atoms with E-state index in [-0.39, 0.29) is 12.5 Å². The van der Waals surface area contributed by atoms with Crippen molar-refractivity contribution in [3.8, 4) is 11.3 Å². The Balaban J connectivity index is 1.75. The Kier molecular flexibility index (Phi) is 19.6. The lowest BCUT2D eigenvalue weighted by Gasteiger charge is -2.22. The molecule has 1 heterocycles. The zero-order valence-corrected chi connectivity index (χ0v) is 25.9. The summed E-state index contributed by atoms with van der Waals surface area (Å²) >= 11 is 0. The van der Waals surface area contributed by atoms with Gasteiger partial charge in [0.15, 0.2) is 0 Å². The van der Waals surface area contributed by atoms with Gasteiger partial charge in [-0.25, -0.2) is 0 Å². The smallest absolute Gasteiger partial charge is 0.220 e. The van der Waals surface area contributed by atoms with Crippen LogP contribution in [0, 0.1) is 0 Å². The first-order chi connectivity index (χ1) is 20.1. The Morgan fingerprint density at radius 2 is 1.56 bits per heavy atom. The van der Waals surface area contributed by atoms with Crippen LogP contribution < -0.4 is 5.32 Å². The van der Waals surface area contributed by atoms with Gasteiger partial charge < -0.3 is 15.2 Å². The van der Waals surface area contributed by atoms with Gasteiger partial charge in [0.1, 0.15) is 0 Å². The molecular weight excluding hydrogens is 508 g/mol. The number of pyridine rings is 1. The summed E-state index contributed by atoms with van der Waals surface area (Å²) in [5.74, 6) is -0.0259. The molecule has 5 nitrogen and oxygen atoms in total. The predicted octanol–water partition coefficient (Wildman–Crippen LogP) is 8.95. The summed E-state index contributed by atoms with van der Waals surface area (Å²) in [7, 11) is 0. The Hall–Kier alpha value is -2.50. The van der Waals surface area contributed by atoms with Gasteiger partial charge in [-0.3, -0.25) is 9.78 Å². The fraction of sp³-hybridized carbons (Fsp3) is 0.611. The molecule has 41 heavy (non-hydrogen) atoms. The van der Waals surface area contributed by atoms with Gasteiger partial charge >= 0.3 is 0 Å². The summed E-state index contributed by atoms with van der Waals surface area (Å²) in [6.07, 6.45) is 23.9. The Morgan fingerprint density at radius 1 is 0.878 bits per heavy atom. The lowest BCUT2D eigenvalue weighted by Crippen LogP contribution is -2.45. The van der Waals surface area contributed by atoms with Crippen LogP contribution in [0.3, 0.4) is 0 Å². The number of hydrogen-bond donors (Lipinski definition) is 2. The van der Waals surface area contributed by atoms with E-state index in [1.54, 1.807) is 6.20 Å². The van der Waals surface area contributed by atoms with Gasteiger partial charge in [0.05, 0.1) is 31.1 Å². The number of nitrogens with zero attached hydrogens (tertiary/aromatic N) is 1. The summed E-state index contributed by atoms with van der Waals surface area (Å²) in [5.41, 5.74) is 2.99. The molecule has 2 atom stereocenters. The van der Waals surface area contributed by atoms with E-state index in [1.807, 2.05) is 42.5 Å². The maximum Gasteiger partial charge on any atom is 0.220 e. The van der Waals surface area contributed by atoms with Crippen molar-refractivity contribution in [1.82, 2.24) is 10.3 Å². The molecule has 0 saturated carbocycles. The minimum atomic E-state index is -0.780. The van der Waals surface area contributed by atoms with E-state index in [0.29, 0.717) is 13.0 Å². The van der Waals surface area contributed by atoms with Gasteiger partial charge in [-0.2, -0.15) is 0 Å². The van der Waals surface area contributed by atoms with Crippen LogP contribution in [0.2, 0.25) is 0 Å². The lowest BCUT2D eigenvalue weighted by atomic mass is 10.0. The average molecular weight is 565 g/mol. The highest BCUT2D eigenvalue weighted by Crippen LogP contribution is 2.18. The standard InChI is InChI=1S/C36H56N2O3/c1-3-5-7-8-9-10-11-12-13-14-15-16-18-25-35(39)34(38-36(40)26-17-6-4-2)30-41-29-31-22-21-23-32(28-31)33-24-19-20-27-37-33/h18-25,27-28,34-35,39H,3-17,26,29-30H2,1-2H3,(H,38,40)/b25-18+/t34-,35+/m0/s1. The molecule has 1 amide bonds. The molecule has 228 valence electrons. The van der Waals surface area contributed by atoms with Crippen molar-refractivity contribution in [2.75, 3.05) is 6.61 Å². The number of hydrogen-bond acceptors (Lipinski definition) is 4. The van der Waals surface area contributed by atoms with Gasteiger partial charge in [-0.05, 0) is 43.0 Å². The maximum atomic E-state index is 12.5. The van der Waals surface area contributed by atoms with Crippen molar-refractivity contribution < 1.29 is 14.6 Å². The monoisotopic (exact) mass is 564 g/mol.